The minimum atomic E-state index is -1.14. The van der Waals surface area contributed by atoms with Gasteiger partial charge in [-0.15, -0.1) is 0 Å². The fraction of sp³-hybridized carbons (Fsp3) is 0.600. The number of amides is 3. The van der Waals surface area contributed by atoms with Crippen LogP contribution < -0.4 is 10.6 Å². The molecule has 43 heavy (non-hydrogen) atoms. The van der Waals surface area contributed by atoms with Crippen LogP contribution in [0.4, 0.5) is 0 Å². The first kappa shape index (κ1) is 37.5. The monoisotopic (exact) mass is 607 g/mol. The van der Waals surface area contributed by atoms with Crippen molar-refractivity contribution in [2.75, 3.05) is 32.8 Å². The number of hydrogen-bond acceptors (Lipinski definition) is 10. The number of aliphatic hydroxyl groups excluding tert-OH is 4. The van der Waals surface area contributed by atoms with E-state index in [-0.39, 0.29) is 83.0 Å². The zero-order valence-corrected chi connectivity index (χ0v) is 24.7. The van der Waals surface area contributed by atoms with Gasteiger partial charge in [0.15, 0.2) is 11.6 Å². The Labute approximate surface area is 251 Å². The molecule has 1 rings (SSSR count). The third-order valence-electron chi connectivity index (χ3n) is 6.60. The maximum absolute atomic E-state index is 13.1. The summed E-state index contributed by atoms with van der Waals surface area (Å²) in [4.78, 5) is 75.5. The molecule has 3 amide bonds. The topological polar surface area (TPSA) is 211 Å². The Morgan fingerprint density at radius 2 is 1.58 bits per heavy atom. The third-order valence-corrected chi connectivity index (χ3v) is 6.60. The molecule has 0 heterocycles. The summed E-state index contributed by atoms with van der Waals surface area (Å²) in [5.74, 6) is -3.11. The van der Waals surface area contributed by atoms with Crippen molar-refractivity contribution in [3.05, 3.63) is 35.9 Å². The predicted octanol–water partition coefficient (Wildman–Crippen LogP) is -0.931. The van der Waals surface area contributed by atoms with Crippen molar-refractivity contribution in [3.8, 4) is 0 Å². The van der Waals surface area contributed by atoms with E-state index in [1.165, 1.54) is 0 Å². The number of aldehydes is 1. The predicted molar refractivity (Wildman–Crippen MR) is 155 cm³/mol. The number of nitrogens with zero attached hydrogens (tertiary/aromatic N) is 1. The Kier molecular flexibility index (Phi) is 18.5. The van der Waals surface area contributed by atoms with E-state index in [1.807, 2.05) is 0 Å². The summed E-state index contributed by atoms with van der Waals surface area (Å²) in [6.07, 6.45) is -2.18. The highest BCUT2D eigenvalue weighted by molar-refractivity contribution is 6.00. The van der Waals surface area contributed by atoms with Gasteiger partial charge in [0.05, 0.1) is 24.8 Å². The van der Waals surface area contributed by atoms with Crippen molar-refractivity contribution in [3.63, 3.8) is 0 Å². The fourth-order valence-electron chi connectivity index (χ4n) is 4.23. The second kappa shape index (κ2) is 21.2. The number of carbonyl (C=O) groups is 6. The van der Waals surface area contributed by atoms with E-state index in [9.17, 15) is 39.0 Å². The Bertz CT molecular complexity index is 1040. The van der Waals surface area contributed by atoms with Gasteiger partial charge < -0.3 is 40.8 Å². The molecule has 1 aromatic rings. The molecule has 0 aliphatic heterocycles. The lowest BCUT2D eigenvalue weighted by molar-refractivity contribution is -0.141. The van der Waals surface area contributed by atoms with Crippen LogP contribution in [0.3, 0.4) is 0 Å². The van der Waals surface area contributed by atoms with E-state index in [1.54, 1.807) is 37.3 Å². The molecule has 240 valence electrons. The summed E-state index contributed by atoms with van der Waals surface area (Å²) in [5, 5.41) is 42.8. The van der Waals surface area contributed by atoms with Crippen molar-refractivity contribution in [1.29, 1.82) is 0 Å². The second-order valence-electron chi connectivity index (χ2n) is 10.6. The number of rotatable bonds is 23. The fourth-order valence-corrected chi connectivity index (χ4v) is 4.23. The molecule has 0 fully saturated rings. The zero-order chi connectivity index (χ0) is 32.2. The van der Waals surface area contributed by atoms with E-state index in [0.29, 0.717) is 6.29 Å². The van der Waals surface area contributed by atoms with Gasteiger partial charge in [-0.1, -0.05) is 37.3 Å². The molecule has 13 nitrogen and oxygen atoms in total. The molecular formula is C30H45N3O10. The Hall–Kier alpha value is -3.52. The third kappa shape index (κ3) is 16.6. The van der Waals surface area contributed by atoms with Crippen molar-refractivity contribution in [2.45, 2.75) is 76.5 Å². The minimum absolute atomic E-state index is 0.0203. The average Bonchev–Trinajstić information content (AvgIpc) is 2.95. The summed E-state index contributed by atoms with van der Waals surface area (Å²) < 4.78 is 0. The highest BCUT2D eigenvalue weighted by Gasteiger charge is 2.26. The van der Waals surface area contributed by atoms with Crippen LogP contribution in [0.2, 0.25) is 0 Å². The number of hydrogen-bond donors (Lipinski definition) is 6. The lowest BCUT2D eigenvalue weighted by Crippen LogP contribution is -2.46. The van der Waals surface area contributed by atoms with Gasteiger partial charge in [0.25, 0.3) is 0 Å². The first-order valence-corrected chi connectivity index (χ1v) is 14.4. The van der Waals surface area contributed by atoms with E-state index < -0.39 is 54.7 Å². The van der Waals surface area contributed by atoms with Gasteiger partial charge in [-0.2, -0.15) is 0 Å². The molecule has 0 aliphatic carbocycles. The van der Waals surface area contributed by atoms with Gasteiger partial charge >= 0.3 is 0 Å². The number of ketones is 2. The maximum Gasteiger partial charge on any atom is 0.232 e. The molecule has 0 aromatic heterocycles. The van der Waals surface area contributed by atoms with Crippen molar-refractivity contribution < 1.29 is 49.2 Å². The first-order valence-electron chi connectivity index (χ1n) is 14.4. The molecule has 4 atom stereocenters. The highest BCUT2D eigenvalue weighted by Crippen LogP contribution is 2.10. The molecule has 0 radical (unpaired) electrons. The van der Waals surface area contributed by atoms with Crippen LogP contribution in [0.15, 0.2) is 30.3 Å². The quantitative estimate of drug-likeness (QED) is 0.0665. The zero-order valence-electron chi connectivity index (χ0n) is 24.7. The highest BCUT2D eigenvalue weighted by atomic mass is 16.3. The molecule has 0 bridgehead atoms. The number of nitrogens with one attached hydrogen (secondary N) is 2. The van der Waals surface area contributed by atoms with Crippen LogP contribution in [-0.4, -0.2) is 112 Å². The largest absolute Gasteiger partial charge is 0.396 e. The van der Waals surface area contributed by atoms with Gasteiger partial charge in [0.2, 0.25) is 17.7 Å². The van der Waals surface area contributed by atoms with Gasteiger partial charge in [-0.3, -0.25) is 24.0 Å². The molecule has 13 heteroatoms. The summed E-state index contributed by atoms with van der Waals surface area (Å²) in [6, 6.07) is 7.76. The molecule has 0 aliphatic rings. The van der Waals surface area contributed by atoms with Gasteiger partial charge in [-0.05, 0) is 30.7 Å². The average molecular weight is 608 g/mol. The summed E-state index contributed by atoms with van der Waals surface area (Å²) >= 11 is 0. The maximum atomic E-state index is 13.1. The number of aliphatic hydroxyl groups is 4. The van der Waals surface area contributed by atoms with Crippen LogP contribution >= 0.6 is 0 Å². The van der Waals surface area contributed by atoms with Gasteiger partial charge in [-0.25, -0.2) is 0 Å². The van der Waals surface area contributed by atoms with Crippen LogP contribution in [0.5, 0.6) is 0 Å². The SMILES string of the molecule is CC(CC=O)CC(=O)CN(CC(O)CCO)C(=O)CC(=O)NC(Cc1ccccc1)C(=O)CCC(=O)NCC(O)CCO. The van der Waals surface area contributed by atoms with Crippen LogP contribution in [0.1, 0.15) is 57.4 Å². The molecule has 0 spiro atoms. The molecule has 4 unspecified atom stereocenters. The van der Waals surface area contributed by atoms with Crippen molar-refractivity contribution >= 4 is 35.6 Å². The number of carbonyl (C=O) groups excluding carboxylic acids is 6. The normalized spacial score (nSPS) is 13.7. The first-order chi connectivity index (χ1) is 20.5. The van der Waals surface area contributed by atoms with Crippen molar-refractivity contribution in [2.24, 2.45) is 5.92 Å². The van der Waals surface area contributed by atoms with E-state index in [2.05, 4.69) is 10.6 Å². The number of Topliss-reactive ketones (excluding diaryl/α,β-unsaturated/α-hetero) is 2. The molecule has 0 saturated carbocycles. The Morgan fingerprint density at radius 3 is 2.21 bits per heavy atom. The smallest absolute Gasteiger partial charge is 0.232 e. The standard InChI is InChI=1S/C30H45N3O10/c1-21(9-12-34)15-25(39)20-33(19-24(38)11-14-36)30(43)17-29(42)32-26(16-22-5-3-2-4-6-22)27(40)7-8-28(41)31-18-23(37)10-13-35/h2-6,12,21,23-24,26,35-38H,7-11,13-20H2,1H3,(H,31,41)(H,32,42). The van der Waals surface area contributed by atoms with Gasteiger partial charge in [0, 0.05) is 52.0 Å². The summed E-state index contributed by atoms with van der Waals surface area (Å²) in [7, 11) is 0. The van der Waals surface area contributed by atoms with E-state index >= 15 is 0 Å². The van der Waals surface area contributed by atoms with Crippen LogP contribution in [0, 0.1) is 5.92 Å². The Morgan fingerprint density at radius 1 is 0.930 bits per heavy atom. The van der Waals surface area contributed by atoms with Crippen LogP contribution in [0.25, 0.3) is 0 Å². The van der Waals surface area contributed by atoms with Gasteiger partial charge in [0.1, 0.15) is 12.7 Å². The lowest BCUT2D eigenvalue weighted by Gasteiger charge is -2.25. The molecule has 1 aromatic carbocycles. The van der Waals surface area contributed by atoms with E-state index in [0.717, 1.165) is 10.5 Å². The van der Waals surface area contributed by atoms with E-state index in [4.69, 9.17) is 10.2 Å². The minimum Gasteiger partial charge on any atom is -0.396 e. The molecule has 0 saturated heterocycles. The number of benzene rings is 1. The van der Waals surface area contributed by atoms with Crippen LogP contribution in [-0.2, 0) is 35.2 Å². The lowest BCUT2D eigenvalue weighted by atomic mass is 9.99. The summed E-state index contributed by atoms with van der Waals surface area (Å²) in [6.45, 7) is 0.346. The molecule has 6 N–H and O–H groups in total. The Balaban J connectivity index is 2.91. The molecular weight excluding hydrogens is 562 g/mol. The summed E-state index contributed by atoms with van der Waals surface area (Å²) in [5.41, 5.74) is 0.729. The second-order valence-corrected chi connectivity index (χ2v) is 10.6. The van der Waals surface area contributed by atoms with Crippen molar-refractivity contribution in [1.82, 2.24) is 15.5 Å².